The van der Waals surface area contributed by atoms with Crippen molar-refractivity contribution >= 4 is 5.97 Å². The number of carbonyl (C=O) groups is 1. The van der Waals surface area contributed by atoms with Crippen molar-refractivity contribution in [1.29, 1.82) is 0 Å². The molecule has 1 atom stereocenters. The molecule has 1 fully saturated rings. The van der Waals surface area contributed by atoms with E-state index in [-0.39, 0.29) is 17.6 Å². The molecule has 1 unspecified atom stereocenters. The third kappa shape index (κ3) is 5.50. The van der Waals surface area contributed by atoms with Crippen molar-refractivity contribution in [2.24, 2.45) is 0 Å². The summed E-state index contributed by atoms with van der Waals surface area (Å²) in [5.74, 6) is -0.215. The first-order chi connectivity index (χ1) is 8.05. The predicted molar refractivity (Wildman–Crippen MR) is 66.9 cm³/mol. The summed E-state index contributed by atoms with van der Waals surface area (Å²) >= 11 is 0. The van der Waals surface area contributed by atoms with E-state index in [1.807, 2.05) is 13.8 Å². The number of ether oxygens (including phenoxy) is 2. The minimum absolute atomic E-state index is 0.163. The molecule has 0 radical (unpaired) electrons. The summed E-state index contributed by atoms with van der Waals surface area (Å²) in [6, 6.07) is 0. The quantitative estimate of drug-likeness (QED) is 0.548. The van der Waals surface area contributed by atoms with E-state index >= 15 is 0 Å². The van der Waals surface area contributed by atoms with Crippen molar-refractivity contribution in [3.63, 3.8) is 0 Å². The maximum atomic E-state index is 11.6. The van der Waals surface area contributed by atoms with Crippen molar-refractivity contribution in [3.8, 4) is 0 Å². The molecule has 0 aromatic rings. The molecule has 0 aliphatic carbocycles. The minimum Gasteiger partial charge on any atom is -0.462 e. The van der Waals surface area contributed by atoms with Crippen LogP contribution in [0.1, 0.15) is 46.5 Å². The average Bonchev–Trinajstić information content (AvgIpc) is 2.80. The van der Waals surface area contributed by atoms with Crippen LogP contribution in [0.2, 0.25) is 0 Å². The van der Waals surface area contributed by atoms with Gasteiger partial charge in [-0.15, -0.1) is 0 Å². The fourth-order valence-corrected chi connectivity index (χ4v) is 1.76. The lowest BCUT2D eigenvalue weighted by Gasteiger charge is -2.26. The third-order valence-corrected chi connectivity index (χ3v) is 2.90. The lowest BCUT2D eigenvalue weighted by Crippen LogP contribution is -2.45. The van der Waals surface area contributed by atoms with Gasteiger partial charge in [-0.1, -0.05) is 13.3 Å². The molecule has 1 heterocycles. The van der Waals surface area contributed by atoms with Gasteiger partial charge in [0, 0.05) is 12.1 Å². The van der Waals surface area contributed by atoms with Crippen LogP contribution in [0.15, 0.2) is 0 Å². The molecule has 4 nitrogen and oxygen atoms in total. The smallest absolute Gasteiger partial charge is 0.335 e. The third-order valence-electron chi connectivity index (χ3n) is 2.90. The lowest BCUT2D eigenvalue weighted by atomic mass is 10.1. The summed E-state index contributed by atoms with van der Waals surface area (Å²) in [6.45, 7) is 8.29. The van der Waals surface area contributed by atoms with Gasteiger partial charge >= 0.3 is 5.97 Å². The van der Waals surface area contributed by atoms with E-state index in [1.54, 1.807) is 0 Å². The molecule has 100 valence electrons. The largest absolute Gasteiger partial charge is 0.462 e. The predicted octanol–water partition coefficient (Wildman–Crippen LogP) is 1.88. The zero-order valence-electron chi connectivity index (χ0n) is 11.3. The Morgan fingerprint density at radius 2 is 2.29 bits per heavy atom. The Bertz CT molecular complexity index is 235. The summed E-state index contributed by atoms with van der Waals surface area (Å²) in [7, 11) is 0. The highest BCUT2D eigenvalue weighted by molar-refractivity contribution is 5.74. The number of nitrogens with one attached hydrogen (secondary N) is 1. The molecular weight excluding hydrogens is 218 g/mol. The maximum Gasteiger partial charge on any atom is 0.335 e. The van der Waals surface area contributed by atoms with Crippen LogP contribution in [0.3, 0.4) is 0 Å². The van der Waals surface area contributed by atoms with Crippen molar-refractivity contribution in [2.75, 3.05) is 19.8 Å². The van der Waals surface area contributed by atoms with Crippen molar-refractivity contribution in [3.05, 3.63) is 0 Å². The Balaban J connectivity index is 2.20. The Labute approximate surface area is 104 Å². The van der Waals surface area contributed by atoms with Gasteiger partial charge in [0.2, 0.25) is 0 Å². The molecule has 0 bridgehead atoms. The molecule has 0 aromatic heterocycles. The fraction of sp³-hybridized carbons (Fsp3) is 0.923. The first-order valence-electron chi connectivity index (χ1n) is 6.58. The highest BCUT2D eigenvalue weighted by Crippen LogP contribution is 2.14. The molecule has 1 aliphatic heterocycles. The summed E-state index contributed by atoms with van der Waals surface area (Å²) in [4.78, 5) is 11.6. The molecular formula is C13H25NO3. The van der Waals surface area contributed by atoms with E-state index in [0.717, 1.165) is 25.8 Å². The lowest BCUT2D eigenvalue weighted by molar-refractivity contribution is -0.156. The number of esters is 1. The summed E-state index contributed by atoms with van der Waals surface area (Å²) in [6.07, 6.45) is 3.73. The SMILES string of the molecule is CCCCNC(C)(C)COC(=O)C1CCCO1. The van der Waals surface area contributed by atoms with E-state index in [0.29, 0.717) is 13.2 Å². The molecule has 0 saturated carbocycles. The summed E-state index contributed by atoms with van der Waals surface area (Å²) in [5.41, 5.74) is -0.163. The zero-order valence-corrected chi connectivity index (χ0v) is 11.3. The van der Waals surface area contributed by atoms with Crippen molar-refractivity contribution < 1.29 is 14.3 Å². The number of hydrogen-bond donors (Lipinski definition) is 1. The second-order valence-corrected chi connectivity index (χ2v) is 5.27. The van der Waals surface area contributed by atoms with Gasteiger partial charge in [-0.25, -0.2) is 4.79 Å². The Morgan fingerprint density at radius 3 is 2.88 bits per heavy atom. The van der Waals surface area contributed by atoms with Gasteiger partial charge in [0.25, 0.3) is 0 Å². The van der Waals surface area contributed by atoms with E-state index in [2.05, 4.69) is 12.2 Å². The molecule has 0 aromatic carbocycles. The normalized spacial score (nSPS) is 20.5. The van der Waals surface area contributed by atoms with Crippen LogP contribution in [0, 0.1) is 0 Å². The van der Waals surface area contributed by atoms with E-state index < -0.39 is 0 Å². The van der Waals surface area contributed by atoms with Gasteiger partial charge in [0.1, 0.15) is 6.61 Å². The average molecular weight is 243 g/mol. The Morgan fingerprint density at radius 1 is 1.53 bits per heavy atom. The van der Waals surface area contributed by atoms with Gasteiger partial charge in [-0.3, -0.25) is 0 Å². The molecule has 17 heavy (non-hydrogen) atoms. The van der Waals surface area contributed by atoms with Gasteiger partial charge in [0.15, 0.2) is 6.10 Å². The molecule has 1 N–H and O–H groups in total. The van der Waals surface area contributed by atoms with Crippen LogP contribution in [-0.4, -0.2) is 37.4 Å². The van der Waals surface area contributed by atoms with Gasteiger partial charge in [-0.2, -0.15) is 0 Å². The van der Waals surface area contributed by atoms with Gasteiger partial charge < -0.3 is 14.8 Å². The Hall–Kier alpha value is -0.610. The van der Waals surface area contributed by atoms with E-state index in [4.69, 9.17) is 9.47 Å². The van der Waals surface area contributed by atoms with E-state index in [9.17, 15) is 4.79 Å². The van der Waals surface area contributed by atoms with Crippen LogP contribution in [0.5, 0.6) is 0 Å². The topological polar surface area (TPSA) is 47.6 Å². The standard InChI is InChI=1S/C13H25NO3/c1-4-5-8-14-13(2,3)10-17-12(15)11-7-6-9-16-11/h11,14H,4-10H2,1-3H3. The first kappa shape index (κ1) is 14.5. The number of unbranched alkanes of at least 4 members (excludes halogenated alkanes) is 1. The van der Waals surface area contributed by atoms with Crippen LogP contribution >= 0.6 is 0 Å². The maximum absolute atomic E-state index is 11.6. The van der Waals surface area contributed by atoms with Crippen LogP contribution in [0.4, 0.5) is 0 Å². The second-order valence-electron chi connectivity index (χ2n) is 5.27. The Kier molecular flexibility index (Phi) is 5.92. The first-order valence-corrected chi connectivity index (χ1v) is 6.58. The molecule has 1 rings (SSSR count). The van der Waals surface area contributed by atoms with Crippen molar-refractivity contribution in [1.82, 2.24) is 5.32 Å². The zero-order chi connectivity index (χ0) is 12.7. The number of hydrogen-bond acceptors (Lipinski definition) is 4. The van der Waals surface area contributed by atoms with E-state index in [1.165, 1.54) is 6.42 Å². The van der Waals surface area contributed by atoms with Crippen molar-refractivity contribution in [2.45, 2.75) is 58.1 Å². The van der Waals surface area contributed by atoms with Gasteiger partial charge in [-0.05, 0) is 39.7 Å². The molecule has 0 spiro atoms. The van der Waals surface area contributed by atoms with Crippen LogP contribution < -0.4 is 5.32 Å². The van der Waals surface area contributed by atoms with Crippen LogP contribution in [-0.2, 0) is 14.3 Å². The highest BCUT2D eigenvalue weighted by Gasteiger charge is 2.27. The number of carbonyl (C=O) groups excluding carboxylic acids is 1. The summed E-state index contributed by atoms with van der Waals surface area (Å²) < 4.78 is 10.6. The van der Waals surface area contributed by atoms with Crippen LogP contribution in [0.25, 0.3) is 0 Å². The molecule has 1 aliphatic rings. The van der Waals surface area contributed by atoms with Gasteiger partial charge in [0.05, 0.1) is 0 Å². The highest BCUT2D eigenvalue weighted by atomic mass is 16.6. The minimum atomic E-state index is -0.332. The fourth-order valence-electron chi connectivity index (χ4n) is 1.76. The summed E-state index contributed by atoms with van der Waals surface area (Å²) in [5, 5.41) is 3.39. The molecule has 1 saturated heterocycles. The number of rotatable bonds is 7. The second kappa shape index (κ2) is 6.97. The monoisotopic (exact) mass is 243 g/mol. The molecule has 0 amide bonds. The molecule has 4 heteroatoms.